The minimum atomic E-state index is -1.07. The van der Waals surface area contributed by atoms with Gasteiger partial charge >= 0.3 is 5.97 Å². The normalized spacial score (nSPS) is 21.6. The van der Waals surface area contributed by atoms with Crippen molar-refractivity contribution in [2.45, 2.75) is 38.6 Å². The van der Waals surface area contributed by atoms with Crippen LogP contribution in [0.2, 0.25) is 0 Å². The predicted octanol–water partition coefficient (Wildman–Crippen LogP) is 1.09. The molecule has 3 rings (SSSR count). The first-order valence-corrected chi connectivity index (χ1v) is 9.99. The summed E-state index contributed by atoms with van der Waals surface area (Å²) in [5.74, 6) is -2.96. The Labute approximate surface area is 174 Å². The van der Waals surface area contributed by atoms with E-state index in [4.69, 9.17) is 4.74 Å². The summed E-state index contributed by atoms with van der Waals surface area (Å²) in [7, 11) is 1.52. The highest BCUT2D eigenvalue weighted by Crippen LogP contribution is 2.38. The molecule has 9 heteroatoms. The molecule has 2 N–H and O–H groups in total. The van der Waals surface area contributed by atoms with E-state index in [1.54, 1.807) is 24.3 Å². The lowest BCUT2D eigenvalue weighted by Crippen LogP contribution is -2.45. The van der Waals surface area contributed by atoms with Gasteiger partial charge in [-0.05, 0) is 44.0 Å². The van der Waals surface area contributed by atoms with Gasteiger partial charge in [0.05, 0.1) is 11.8 Å². The fraction of sp³-hybridized carbons (Fsp3) is 0.476. The van der Waals surface area contributed by atoms with E-state index in [0.717, 1.165) is 17.7 Å². The van der Waals surface area contributed by atoms with Gasteiger partial charge in [0.1, 0.15) is 6.04 Å². The zero-order chi connectivity index (χ0) is 21.8. The first kappa shape index (κ1) is 21.5. The van der Waals surface area contributed by atoms with Gasteiger partial charge in [0.2, 0.25) is 11.8 Å². The van der Waals surface area contributed by atoms with Gasteiger partial charge in [0.25, 0.3) is 11.8 Å². The third-order valence-electron chi connectivity index (χ3n) is 5.61. The topological polar surface area (TPSA) is 122 Å². The van der Waals surface area contributed by atoms with Crippen LogP contribution in [0.1, 0.15) is 43.0 Å². The fourth-order valence-electron chi connectivity index (χ4n) is 3.98. The van der Waals surface area contributed by atoms with Crippen LogP contribution >= 0.6 is 0 Å². The lowest BCUT2D eigenvalue weighted by Gasteiger charge is -2.21. The molecule has 160 valence electrons. The molecule has 30 heavy (non-hydrogen) atoms. The zero-order valence-corrected chi connectivity index (χ0v) is 17.0. The maximum absolute atomic E-state index is 12.6. The Balaban J connectivity index is 1.52. The summed E-state index contributed by atoms with van der Waals surface area (Å²) in [6, 6.07) is 5.13. The molecule has 1 heterocycles. The maximum atomic E-state index is 12.6. The van der Waals surface area contributed by atoms with E-state index >= 15 is 0 Å². The molecule has 2 fully saturated rings. The molecule has 1 saturated carbocycles. The third-order valence-corrected chi connectivity index (χ3v) is 5.61. The summed E-state index contributed by atoms with van der Waals surface area (Å²) in [6.45, 7) is 0.883. The van der Waals surface area contributed by atoms with Crippen molar-refractivity contribution < 1.29 is 28.7 Å². The van der Waals surface area contributed by atoms with Crippen LogP contribution in [0.15, 0.2) is 24.3 Å². The van der Waals surface area contributed by atoms with Gasteiger partial charge in [-0.15, -0.1) is 0 Å². The van der Waals surface area contributed by atoms with Crippen molar-refractivity contribution in [1.29, 1.82) is 0 Å². The monoisotopic (exact) mass is 415 g/mol. The summed E-state index contributed by atoms with van der Waals surface area (Å²) in [6.07, 6.45) is 3.12. The number of carbonyl (C=O) groups is 5. The molecule has 0 radical (unpaired) electrons. The number of nitrogens with zero attached hydrogens (tertiary/aromatic N) is 1. The summed E-state index contributed by atoms with van der Waals surface area (Å²) >= 11 is 0. The van der Waals surface area contributed by atoms with Crippen LogP contribution in [0, 0.1) is 11.8 Å². The minimum absolute atomic E-state index is 0.248. The molecule has 2 aliphatic rings. The van der Waals surface area contributed by atoms with Crippen LogP contribution in [0.4, 0.5) is 5.69 Å². The van der Waals surface area contributed by atoms with Gasteiger partial charge in [0.15, 0.2) is 6.61 Å². The maximum Gasteiger partial charge on any atom is 0.329 e. The van der Waals surface area contributed by atoms with Gasteiger partial charge in [0, 0.05) is 18.3 Å². The van der Waals surface area contributed by atoms with Crippen LogP contribution in [0.5, 0.6) is 0 Å². The van der Waals surface area contributed by atoms with Crippen molar-refractivity contribution in [3.05, 3.63) is 29.8 Å². The second-order valence-corrected chi connectivity index (χ2v) is 7.53. The van der Waals surface area contributed by atoms with Gasteiger partial charge in [-0.3, -0.25) is 24.1 Å². The molecule has 1 aromatic rings. The molecule has 0 bridgehead atoms. The smallest absolute Gasteiger partial charge is 0.329 e. The molecule has 1 aromatic carbocycles. The summed E-state index contributed by atoms with van der Waals surface area (Å²) in [5.41, 5.74) is 0.877. The highest BCUT2D eigenvalue weighted by Gasteiger charge is 2.51. The first-order valence-electron chi connectivity index (χ1n) is 9.99. The number of amides is 4. The average Bonchev–Trinajstić information content (AvgIpc) is 3.02. The van der Waals surface area contributed by atoms with Gasteiger partial charge in [-0.1, -0.05) is 12.8 Å². The van der Waals surface area contributed by atoms with E-state index in [2.05, 4.69) is 10.6 Å². The highest BCUT2D eigenvalue weighted by atomic mass is 16.5. The zero-order valence-electron chi connectivity index (χ0n) is 17.0. The minimum Gasteiger partial charge on any atom is -0.454 e. The Bertz CT molecular complexity index is 842. The molecule has 4 amide bonds. The number of hydrogen-bond acceptors (Lipinski definition) is 6. The van der Waals surface area contributed by atoms with Crippen molar-refractivity contribution >= 4 is 35.3 Å². The molecule has 9 nitrogen and oxygen atoms in total. The number of rotatable bonds is 6. The van der Waals surface area contributed by atoms with Crippen LogP contribution in [-0.2, 0) is 23.9 Å². The molecule has 0 unspecified atom stereocenters. The largest absolute Gasteiger partial charge is 0.454 e. The Kier molecular flexibility index (Phi) is 6.49. The number of anilines is 1. The predicted molar refractivity (Wildman–Crippen MR) is 106 cm³/mol. The van der Waals surface area contributed by atoms with E-state index in [-0.39, 0.29) is 29.6 Å². The van der Waals surface area contributed by atoms with Crippen molar-refractivity contribution in [3.63, 3.8) is 0 Å². The SMILES string of the molecule is CNC(=O)c1ccc(NC(=O)COC(=O)[C@H](C)N2C(=O)[C@H]3CCCC[C@H]3C2=O)cc1. The Morgan fingerprint density at radius 1 is 1.07 bits per heavy atom. The molecular formula is C21H25N3O6. The number of ether oxygens (including phenoxy) is 1. The fourth-order valence-corrected chi connectivity index (χ4v) is 3.98. The lowest BCUT2D eigenvalue weighted by molar-refractivity contribution is -0.159. The number of benzene rings is 1. The number of likely N-dealkylation sites (tertiary alicyclic amines) is 1. The number of imide groups is 1. The van der Waals surface area contributed by atoms with Crippen LogP contribution in [-0.4, -0.2) is 54.2 Å². The second kappa shape index (κ2) is 9.06. The molecule has 3 atom stereocenters. The number of hydrogen-bond donors (Lipinski definition) is 2. The molecule has 0 spiro atoms. The van der Waals surface area contributed by atoms with Crippen LogP contribution < -0.4 is 10.6 Å². The Morgan fingerprint density at radius 3 is 2.17 bits per heavy atom. The van der Waals surface area contributed by atoms with Crippen molar-refractivity contribution in [2.75, 3.05) is 19.0 Å². The van der Waals surface area contributed by atoms with Crippen LogP contribution in [0.3, 0.4) is 0 Å². The number of nitrogens with one attached hydrogen (secondary N) is 2. The van der Waals surface area contributed by atoms with E-state index < -0.39 is 24.5 Å². The molecular weight excluding hydrogens is 390 g/mol. The van der Waals surface area contributed by atoms with E-state index in [1.807, 2.05) is 0 Å². The Hall–Kier alpha value is -3.23. The summed E-state index contributed by atoms with van der Waals surface area (Å²) < 4.78 is 5.02. The van der Waals surface area contributed by atoms with Crippen molar-refractivity contribution in [2.24, 2.45) is 11.8 Å². The molecule has 1 aliphatic heterocycles. The second-order valence-electron chi connectivity index (χ2n) is 7.53. The Morgan fingerprint density at radius 2 is 1.63 bits per heavy atom. The number of esters is 1. The molecule has 1 aliphatic carbocycles. The van der Waals surface area contributed by atoms with Crippen molar-refractivity contribution in [3.8, 4) is 0 Å². The highest BCUT2D eigenvalue weighted by molar-refractivity contribution is 6.08. The standard InChI is InChI=1S/C21H25N3O6/c1-12(24-19(27)15-5-3-4-6-16(15)20(24)28)21(29)30-11-17(25)23-14-9-7-13(8-10-14)18(26)22-2/h7-10,12,15-16H,3-6,11H2,1-2H3,(H,22,26)(H,23,25)/t12-,15-,16+/m0/s1. The van der Waals surface area contributed by atoms with Gasteiger partial charge < -0.3 is 15.4 Å². The molecule has 1 saturated heterocycles. The van der Waals surface area contributed by atoms with E-state index in [1.165, 1.54) is 14.0 Å². The van der Waals surface area contributed by atoms with E-state index in [0.29, 0.717) is 24.1 Å². The van der Waals surface area contributed by atoms with Gasteiger partial charge in [-0.2, -0.15) is 0 Å². The number of carbonyl (C=O) groups excluding carboxylic acids is 5. The number of fused-ring (bicyclic) bond motifs is 1. The molecule has 0 aromatic heterocycles. The lowest BCUT2D eigenvalue weighted by atomic mass is 9.81. The quantitative estimate of drug-likeness (QED) is 0.530. The van der Waals surface area contributed by atoms with Crippen molar-refractivity contribution in [1.82, 2.24) is 10.2 Å². The van der Waals surface area contributed by atoms with E-state index in [9.17, 15) is 24.0 Å². The average molecular weight is 415 g/mol. The van der Waals surface area contributed by atoms with Gasteiger partial charge in [-0.25, -0.2) is 4.79 Å². The third kappa shape index (κ3) is 4.34. The first-order chi connectivity index (χ1) is 14.3. The van der Waals surface area contributed by atoms with Crippen LogP contribution in [0.25, 0.3) is 0 Å². The summed E-state index contributed by atoms with van der Waals surface area (Å²) in [5, 5.41) is 5.05. The summed E-state index contributed by atoms with van der Waals surface area (Å²) in [4.78, 5) is 62.0.